The number of nitrogens with zero attached hydrogens (tertiary/aromatic N) is 3. The number of carbonyl (C=O) groups is 1. The first-order valence-electron chi connectivity index (χ1n) is 11.2. The summed E-state index contributed by atoms with van der Waals surface area (Å²) in [6.45, 7) is 6.04. The lowest BCUT2D eigenvalue weighted by molar-refractivity contribution is 0.0696. The van der Waals surface area contributed by atoms with E-state index in [4.69, 9.17) is 21.3 Å². The Bertz CT molecular complexity index is 1590. The number of hydrogen-bond acceptors (Lipinski definition) is 5. The fraction of sp³-hybridized carbons (Fsp3) is 0.185. The van der Waals surface area contributed by atoms with E-state index in [2.05, 4.69) is 37.0 Å². The summed E-state index contributed by atoms with van der Waals surface area (Å²) in [5.74, 6) is -0.0748. The molecule has 0 spiro atoms. The smallest absolute Gasteiger partial charge is 0.335 e. The molecule has 4 aromatic rings. The summed E-state index contributed by atoms with van der Waals surface area (Å²) in [5.41, 5.74) is 1.40. The standard InChI is InChI=1S/C27H22Br2ClN3O4/c1-27(2,3)26-32-22-8-7-18(28)12-19(22)24(34)33(26)31-13-16-10-20(29)23(21(30)11-16)37-14-15-5-4-6-17(9-15)25(35)36/h4-13H,14H2,1-3H3,(H,35,36). The van der Waals surface area contributed by atoms with Crippen LogP contribution < -0.4 is 10.3 Å². The molecule has 0 bridgehead atoms. The average Bonchev–Trinajstić information content (AvgIpc) is 2.82. The summed E-state index contributed by atoms with van der Waals surface area (Å²) in [7, 11) is 0. The maximum Gasteiger partial charge on any atom is 0.335 e. The van der Waals surface area contributed by atoms with Crippen LogP contribution in [0.25, 0.3) is 10.9 Å². The van der Waals surface area contributed by atoms with Crippen LogP contribution in [0.15, 0.2) is 73.4 Å². The molecular weight excluding hydrogens is 626 g/mol. The first kappa shape index (κ1) is 27.0. The number of halogens is 3. The normalized spacial score (nSPS) is 11.8. The van der Waals surface area contributed by atoms with Crippen molar-refractivity contribution in [3.05, 3.63) is 101 Å². The third-order valence-corrected chi connectivity index (χ3v) is 6.74. The molecule has 1 N–H and O–H groups in total. The Kier molecular flexibility index (Phi) is 7.87. The summed E-state index contributed by atoms with van der Waals surface area (Å²) in [6.07, 6.45) is 1.54. The highest BCUT2D eigenvalue weighted by atomic mass is 79.9. The van der Waals surface area contributed by atoms with Crippen molar-refractivity contribution in [2.75, 3.05) is 0 Å². The van der Waals surface area contributed by atoms with E-state index in [1.165, 1.54) is 10.7 Å². The van der Waals surface area contributed by atoms with E-state index in [-0.39, 0.29) is 17.7 Å². The molecule has 10 heteroatoms. The van der Waals surface area contributed by atoms with Crippen molar-refractivity contribution in [3.8, 4) is 5.75 Å². The van der Waals surface area contributed by atoms with E-state index in [0.717, 1.165) is 4.47 Å². The van der Waals surface area contributed by atoms with Crippen molar-refractivity contribution in [2.45, 2.75) is 32.8 Å². The van der Waals surface area contributed by atoms with Crippen LogP contribution in [0.2, 0.25) is 5.02 Å². The molecule has 0 aliphatic heterocycles. The van der Waals surface area contributed by atoms with E-state index in [0.29, 0.717) is 43.1 Å². The van der Waals surface area contributed by atoms with Gasteiger partial charge in [0.2, 0.25) is 0 Å². The van der Waals surface area contributed by atoms with Gasteiger partial charge in [-0.15, -0.1) is 0 Å². The van der Waals surface area contributed by atoms with Crippen LogP contribution in [0.1, 0.15) is 48.1 Å². The lowest BCUT2D eigenvalue weighted by atomic mass is 9.95. The van der Waals surface area contributed by atoms with Crippen LogP contribution in [0.4, 0.5) is 0 Å². The van der Waals surface area contributed by atoms with Crippen molar-refractivity contribution >= 4 is 66.5 Å². The third kappa shape index (κ3) is 6.11. The van der Waals surface area contributed by atoms with Gasteiger partial charge in [0, 0.05) is 9.89 Å². The van der Waals surface area contributed by atoms with Crippen LogP contribution >= 0.6 is 43.5 Å². The van der Waals surface area contributed by atoms with Gasteiger partial charge in [-0.2, -0.15) is 9.78 Å². The fourth-order valence-electron chi connectivity index (χ4n) is 3.61. The van der Waals surface area contributed by atoms with Crippen LogP contribution in [0.5, 0.6) is 5.75 Å². The van der Waals surface area contributed by atoms with Crippen molar-refractivity contribution in [2.24, 2.45) is 5.10 Å². The van der Waals surface area contributed by atoms with Crippen molar-refractivity contribution in [1.29, 1.82) is 0 Å². The van der Waals surface area contributed by atoms with Gasteiger partial charge in [0.15, 0.2) is 5.75 Å². The summed E-state index contributed by atoms with van der Waals surface area (Å²) in [6, 6.07) is 15.3. The largest absolute Gasteiger partial charge is 0.486 e. The van der Waals surface area contributed by atoms with Gasteiger partial charge < -0.3 is 9.84 Å². The quantitative estimate of drug-likeness (QED) is 0.227. The average molecular weight is 648 g/mol. The molecule has 0 radical (unpaired) electrons. The first-order valence-corrected chi connectivity index (χ1v) is 13.1. The first-order chi connectivity index (χ1) is 17.4. The summed E-state index contributed by atoms with van der Waals surface area (Å²) in [5, 5.41) is 14.4. The second-order valence-electron chi connectivity index (χ2n) is 9.32. The van der Waals surface area contributed by atoms with Gasteiger partial charge in [-0.3, -0.25) is 4.79 Å². The zero-order valence-electron chi connectivity index (χ0n) is 20.1. The molecule has 0 fully saturated rings. The van der Waals surface area contributed by atoms with Crippen LogP contribution in [-0.2, 0) is 12.0 Å². The molecule has 0 amide bonds. The molecule has 0 atom stereocenters. The molecule has 0 aliphatic carbocycles. The van der Waals surface area contributed by atoms with Crippen LogP contribution in [-0.4, -0.2) is 27.0 Å². The van der Waals surface area contributed by atoms with E-state index in [1.54, 1.807) is 48.7 Å². The molecule has 3 aromatic carbocycles. The molecule has 0 aliphatic rings. The highest BCUT2D eigenvalue weighted by Gasteiger charge is 2.23. The lowest BCUT2D eigenvalue weighted by Gasteiger charge is -2.21. The Morgan fingerprint density at radius 3 is 2.59 bits per heavy atom. The summed E-state index contributed by atoms with van der Waals surface area (Å²) >= 11 is 13.4. The molecule has 1 heterocycles. The minimum absolute atomic E-state index is 0.134. The van der Waals surface area contributed by atoms with E-state index in [1.807, 2.05) is 26.8 Å². The predicted molar refractivity (Wildman–Crippen MR) is 152 cm³/mol. The number of rotatable bonds is 6. The number of aromatic carboxylic acids is 1. The maximum absolute atomic E-state index is 13.3. The van der Waals surface area contributed by atoms with Gasteiger partial charge in [0.1, 0.15) is 12.4 Å². The SMILES string of the molecule is CC(C)(C)c1nc2ccc(Br)cc2c(=O)n1N=Cc1cc(Cl)c(OCc2cccc(C(=O)O)c2)c(Br)c1. The van der Waals surface area contributed by atoms with Gasteiger partial charge in [-0.05, 0) is 69.5 Å². The molecule has 0 unspecified atom stereocenters. The topological polar surface area (TPSA) is 93.8 Å². The zero-order chi connectivity index (χ0) is 26.9. The van der Waals surface area contributed by atoms with Gasteiger partial charge >= 0.3 is 5.97 Å². The molecule has 1 aromatic heterocycles. The Morgan fingerprint density at radius 2 is 1.92 bits per heavy atom. The molecule has 7 nitrogen and oxygen atoms in total. The Morgan fingerprint density at radius 1 is 1.16 bits per heavy atom. The number of benzene rings is 3. The number of hydrogen-bond donors (Lipinski definition) is 1. The van der Waals surface area contributed by atoms with Gasteiger partial charge in [0.25, 0.3) is 5.56 Å². The lowest BCUT2D eigenvalue weighted by Crippen LogP contribution is -2.29. The van der Waals surface area contributed by atoms with E-state index in [9.17, 15) is 14.7 Å². The summed E-state index contributed by atoms with van der Waals surface area (Å²) < 4.78 is 8.54. The summed E-state index contributed by atoms with van der Waals surface area (Å²) in [4.78, 5) is 29.3. The van der Waals surface area contributed by atoms with Crippen molar-refractivity contribution in [1.82, 2.24) is 9.66 Å². The molecular formula is C27H22Br2ClN3O4. The third-order valence-electron chi connectivity index (χ3n) is 5.38. The van der Waals surface area contributed by atoms with E-state index >= 15 is 0 Å². The highest BCUT2D eigenvalue weighted by molar-refractivity contribution is 9.10. The van der Waals surface area contributed by atoms with Crippen molar-refractivity contribution in [3.63, 3.8) is 0 Å². The highest BCUT2D eigenvalue weighted by Crippen LogP contribution is 2.35. The Hall–Kier alpha value is -3.01. The Balaban J connectivity index is 1.66. The van der Waals surface area contributed by atoms with Gasteiger partial charge in [-0.1, -0.05) is 60.4 Å². The predicted octanol–water partition coefficient (Wildman–Crippen LogP) is 7.03. The molecule has 4 rings (SSSR count). The fourth-order valence-corrected chi connectivity index (χ4v) is 4.96. The second-order valence-corrected chi connectivity index (χ2v) is 11.5. The van der Waals surface area contributed by atoms with E-state index < -0.39 is 11.4 Å². The molecule has 37 heavy (non-hydrogen) atoms. The molecule has 0 saturated heterocycles. The molecule has 0 saturated carbocycles. The second kappa shape index (κ2) is 10.8. The number of carboxylic acid groups (broad SMARTS) is 1. The zero-order valence-corrected chi connectivity index (χ0v) is 24.1. The van der Waals surface area contributed by atoms with Gasteiger partial charge in [-0.25, -0.2) is 9.78 Å². The number of fused-ring (bicyclic) bond motifs is 1. The Labute approximate surface area is 235 Å². The number of aromatic nitrogens is 2. The monoisotopic (exact) mass is 645 g/mol. The van der Waals surface area contributed by atoms with Crippen LogP contribution in [0, 0.1) is 0 Å². The van der Waals surface area contributed by atoms with Gasteiger partial charge in [0.05, 0.1) is 32.2 Å². The minimum Gasteiger partial charge on any atom is -0.486 e. The maximum atomic E-state index is 13.3. The number of carboxylic acids is 1. The van der Waals surface area contributed by atoms with Crippen LogP contribution in [0.3, 0.4) is 0 Å². The van der Waals surface area contributed by atoms with Crippen molar-refractivity contribution < 1.29 is 14.6 Å². The minimum atomic E-state index is -1.01. The molecule has 190 valence electrons. The number of ether oxygens (including phenoxy) is 1.